The quantitative estimate of drug-likeness (QED) is 0.441. The number of anilines is 1. The Bertz CT molecular complexity index is 847. The van der Waals surface area contributed by atoms with Crippen molar-refractivity contribution in [2.75, 3.05) is 5.32 Å². The predicted molar refractivity (Wildman–Crippen MR) is 111 cm³/mol. The van der Waals surface area contributed by atoms with Crippen LogP contribution in [0.5, 0.6) is 5.75 Å². The van der Waals surface area contributed by atoms with Crippen molar-refractivity contribution in [3.05, 3.63) is 92.4 Å². The zero-order valence-corrected chi connectivity index (χ0v) is 17.1. The van der Waals surface area contributed by atoms with Gasteiger partial charge in [0.05, 0.1) is 0 Å². The number of halogens is 2. The number of nitrogens with one attached hydrogen (secondary N) is 1. The van der Waals surface area contributed by atoms with Crippen molar-refractivity contribution in [3.8, 4) is 5.75 Å². The Kier molecular flexibility index (Phi) is 6.16. The Morgan fingerprint density at radius 2 is 1.60 bits per heavy atom. The van der Waals surface area contributed by atoms with Crippen molar-refractivity contribution >= 4 is 37.5 Å². The van der Waals surface area contributed by atoms with Gasteiger partial charge in [0.1, 0.15) is 12.4 Å². The van der Waals surface area contributed by atoms with E-state index in [9.17, 15) is 0 Å². The second kappa shape index (κ2) is 8.54. The van der Waals surface area contributed by atoms with Crippen molar-refractivity contribution in [2.45, 2.75) is 20.1 Å². The molecule has 0 aliphatic rings. The Labute approximate surface area is 165 Å². The molecule has 0 heterocycles. The third-order valence-electron chi connectivity index (χ3n) is 3.94. The summed E-state index contributed by atoms with van der Waals surface area (Å²) in [5.41, 5.74) is 4.63. The van der Waals surface area contributed by atoms with Gasteiger partial charge < -0.3 is 10.1 Å². The highest BCUT2D eigenvalue weighted by molar-refractivity contribution is 9.10. The van der Waals surface area contributed by atoms with E-state index in [4.69, 9.17) is 4.74 Å². The van der Waals surface area contributed by atoms with Crippen molar-refractivity contribution in [1.82, 2.24) is 0 Å². The summed E-state index contributed by atoms with van der Waals surface area (Å²) < 4.78 is 8.18. The summed E-state index contributed by atoms with van der Waals surface area (Å²) >= 11 is 7.01. The van der Waals surface area contributed by atoms with Crippen LogP contribution in [0, 0.1) is 6.92 Å². The summed E-state index contributed by atoms with van der Waals surface area (Å²) in [5.74, 6) is 0.896. The highest BCUT2D eigenvalue weighted by atomic mass is 79.9. The molecule has 0 unspecified atom stereocenters. The van der Waals surface area contributed by atoms with E-state index in [1.807, 2.05) is 36.4 Å². The maximum atomic E-state index is 6.06. The molecule has 0 spiro atoms. The summed E-state index contributed by atoms with van der Waals surface area (Å²) in [6.45, 7) is 3.36. The van der Waals surface area contributed by atoms with Gasteiger partial charge in [0.25, 0.3) is 0 Å². The minimum absolute atomic E-state index is 0.548. The fourth-order valence-corrected chi connectivity index (χ4v) is 3.20. The molecule has 0 aliphatic carbocycles. The van der Waals surface area contributed by atoms with Crippen LogP contribution in [0.4, 0.5) is 5.69 Å². The average molecular weight is 461 g/mol. The van der Waals surface area contributed by atoms with Crippen molar-refractivity contribution < 1.29 is 4.74 Å². The van der Waals surface area contributed by atoms with E-state index in [2.05, 4.69) is 74.4 Å². The van der Waals surface area contributed by atoms with E-state index in [0.717, 1.165) is 31.5 Å². The van der Waals surface area contributed by atoms with Crippen LogP contribution < -0.4 is 10.1 Å². The minimum atomic E-state index is 0.548. The van der Waals surface area contributed by atoms with Crippen molar-refractivity contribution in [3.63, 3.8) is 0 Å². The molecule has 128 valence electrons. The normalized spacial score (nSPS) is 10.5. The highest BCUT2D eigenvalue weighted by Crippen LogP contribution is 2.26. The second-order valence-electron chi connectivity index (χ2n) is 5.84. The van der Waals surface area contributed by atoms with Crippen LogP contribution in [0.3, 0.4) is 0 Å². The van der Waals surface area contributed by atoms with E-state index in [0.29, 0.717) is 13.2 Å². The monoisotopic (exact) mass is 459 g/mol. The fourth-order valence-electron chi connectivity index (χ4n) is 2.53. The van der Waals surface area contributed by atoms with Crippen LogP contribution in [-0.4, -0.2) is 0 Å². The second-order valence-corrected chi connectivity index (χ2v) is 7.67. The number of hydrogen-bond acceptors (Lipinski definition) is 2. The molecule has 4 heteroatoms. The summed E-state index contributed by atoms with van der Waals surface area (Å²) in [6, 6.07) is 22.6. The first-order chi connectivity index (χ1) is 12.1. The van der Waals surface area contributed by atoms with Gasteiger partial charge in [0.2, 0.25) is 0 Å². The lowest BCUT2D eigenvalue weighted by Crippen LogP contribution is -2.04. The molecule has 2 nitrogen and oxygen atoms in total. The van der Waals surface area contributed by atoms with Gasteiger partial charge in [-0.2, -0.15) is 0 Å². The molecule has 3 aromatic carbocycles. The number of rotatable bonds is 6. The molecule has 25 heavy (non-hydrogen) atoms. The Hall–Kier alpha value is -1.78. The Morgan fingerprint density at radius 1 is 0.880 bits per heavy atom. The molecule has 0 atom stereocenters. The van der Waals surface area contributed by atoms with Crippen LogP contribution in [0.1, 0.15) is 16.7 Å². The molecule has 0 aliphatic heterocycles. The minimum Gasteiger partial charge on any atom is -0.489 e. The first-order valence-corrected chi connectivity index (χ1v) is 9.65. The number of benzene rings is 3. The molecule has 0 saturated heterocycles. The maximum Gasteiger partial charge on any atom is 0.124 e. The molecular weight excluding hydrogens is 442 g/mol. The SMILES string of the molecule is Cc1ccccc1NCc1cc(Br)ccc1OCc1ccc(Br)cc1. The van der Waals surface area contributed by atoms with Crippen LogP contribution in [0.25, 0.3) is 0 Å². The van der Waals surface area contributed by atoms with Crippen LogP contribution in [0.2, 0.25) is 0 Å². The average Bonchev–Trinajstić information content (AvgIpc) is 2.61. The van der Waals surface area contributed by atoms with Crippen LogP contribution >= 0.6 is 31.9 Å². The van der Waals surface area contributed by atoms with Gasteiger partial charge in [0.15, 0.2) is 0 Å². The number of para-hydroxylation sites is 1. The smallest absolute Gasteiger partial charge is 0.124 e. The van der Waals surface area contributed by atoms with Gasteiger partial charge in [-0.1, -0.05) is 62.2 Å². The van der Waals surface area contributed by atoms with Gasteiger partial charge in [-0.05, 0) is 54.4 Å². The summed E-state index contributed by atoms with van der Waals surface area (Å²) in [6.07, 6.45) is 0. The van der Waals surface area contributed by atoms with Crippen LogP contribution in [-0.2, 0) is 13.2 Å². The molecule has 0 fully saturated rings. The molecule has 0 radical (unpaired) electrons. The van der Waals surface area contributed by atoms with Crippen LogP contribution in [0.15, 0.2) is 75.7 Å². The first-order valence-electron chi connectivity index (χ1n) is 8.07. The summed E-state index contributed by atoms with van der Waals surface area (Å²) in [5, 5.41) is 3.50. The van der Waals surface area contributed by atoms with E-state index >= 15 is 0 Å². The molecule has 0 saturated carbocycles. The molecule has 1 N–H and O–H groups in total. The van der Waals surface area contributed by atoms with E-state index in [1.54, 1.807) is 0 Å². The fraction of sp³-hybridized carbons (Fsp3) is 0.143. The summed E-state index contributed by atoms with van der Waals surface area (Å²) in [7, 11) is 0. The van der Waals surface area contributed by atoms with Gasteiger partial charge in [-0.3, -0.25) is 0 Å². The Morgan fingerprint density at radius 3 is 2.36 bits per heavy atom. The third-order valence-corrected chi connectivity index (χ3v) is 4.97. The lowest BCUT2D eigenvalue weighted by Gasteiger charge is -2.14. The van der Waals surface area contributed by atoms with Crippen molar-refractivity contribution in [2.24, 2.45) is 0 Å². The molecule has 3 aromatic rings. The molecule has 0 amide bonds. The first kappa shape index (κ1) is 18.0. The molecule has 0 bridgehead atoms. The van der Waals surface area contributed by atoms with E-state index in [1.165, 1.54) is 5.56 Å². The standard InChI is InChI=1S/C21H19Br2NO/c1-15-4-2-3-5-20(15)24-13-17-12-19(23)10-11-21(17)25-14-16-6-8-18(22)9-7-16/h2-12,24H,13-14H2,1H3. The largest absolute Gasteiger partial charge is 0.489 e. The van der Waals surface area contributed by atoms with E-state index in [-0.39, 0.29) is 0 Å². The van der Waals surface area contributed by atoms with Gasteiger partial charge in [0, 0.05) is 26.7 Å². The highest BCUT2D eigenvalue weighted by Gasteiger charge is 2.06. The van der Waals surface area contributed by atoms with Gasteiger partial charge >= 0.3 is 0 Å². The number of ether oxygens (including phenoxy) is 1. The van der Waals surface area contributed by atoms with Crippen molar-refractivity contribution in [1.29, 1.82) is 0 Å². The molecule has 0 aromatic heterocycles. The predicted octanol–water partition coefficient (Wildman–Crippen LogP) is 6.71. The third kappa shape index (κ3) is 5.10. The zero-order valence-electron chi connectivity index (χ0n) is 13.9. The van der Waals surface area contributed by atoms with Gasteiger partial charge in [-0.25, -0.2) is 0 Å². The molecule has 3 rings (SSSR count). The lowest BCUT2D eigenvalue weighted by atomic mass is 10.1. The topological polar surface area (TPSA) is 21.3 Å². The number of aryl methyl sites for hydroxylation is 1. The Balaban J connectivity index is 1.71. The number of hydrogen-bond donors (Lipinski definition) is 1. The zero-order chi connectivity index (χ0) is 17.6. The van der Waals surface area contributed by atoms with E-state index < -0.39 is 0 Å². The lowest BCUT2D eigenvalue weighted by molar-refractivity contribution is 0.303. The maximum absolute atomic E-state index is 6.06. The summed E-state index contributed by atoms with van der Waals surface area (Å²) in [4.78, 5) is 0. The molecular formula is C21H19Br2NO. The van der Waals surface area contributed by atoms with Gasteiger partial charge in [-0.15, -0.1) is 0 Å².